The predicted molar refractivity (Wildman–Crippen MR) is 74.6 cm³/mol. The second-order valence-electron chi connectivity index (χ2n) is 5.94. The van der Waals surface area contributed by atoms with E-state index in [2.05, 4.69) is 33.0 Å². The van der Waals surface area contributed by atoms with Crippen molar-refractivity contribution in [1.29, 1.82) is 0 Å². The predicted octanol–water partition coefficient (Wildman–Crippen LogP) is 2.66. The van der Waals surface area contributed by atoms with Crippen LogP contribution in [0.4, 0.5) is 0 Å². The number of rotatable bonds is 4. The lowest BCUT2D eigenvalue weighted by Gasteiger charge is -2.43. The first kappa shape index (κ1) is 16.0. The summed E-state index contributed by atoms with van der Waals surface area (Å²) in [5.74, 6) is 0.107. The summed E-state index contributed by atoms with van der Waals surface area (Å²) in [6, 6.07) is 0. The number of hydrogen-bond donors (Lipinski definition) is 1. The maximum atomic E-state index is 11.7. The number of amides is 1. The fraction of sp³-hybridized carbons (Fsp3) is 0.867. The fourth-order valence-corrected chi connectivity index (χ4v) is 2.60. The Morgan fingerprint density at radius 3 is 2.26 bits per heavy atom. The largest absolute Gasteiger partial charge is 0.457 e. The van der Waals surface area contributed by atoms with Gasteiger partial charge in [0, 0.05) is 0 Å². The summed E-state index contributed by atoms with van der Waals surface area (Å²) in [6.45, 7) is 10.4. The van der Waals surface area contributed by atoms with Crippen LogP contribution < -0.4 is 5.32 Å². The molecule has 19 heavy (non-hydrogen) atoms. The number of hydrogen-bond acceptors (Lipinski definition) is 3. The van der Waals surface area contributed by atoms with Gasteiger partial charge in [-0.05, 0) is 25.2 Å². The Hall–Kier alpha value is -1.06. The van der Waals surface area contributed by atoms with Gasteiger partial charge in [-0.25, -0.2) is 4.79 Å². The molecule has 0 spiro atoms. The lowest BCUT2D eigenvalue weighted by Crippen LogP contribution is -2.66. The summed E-state index contributed by atoms with van der Waals surface area (Å²) in [5, 5.41) is 2.86. The van der Waals surface area contributed by atoms with Crippen LogP contribution in [0, 0.1) is 11.8 Å². The maximum absolute atomic E-state index is 11.7. The van der Waals surface area contributed by atoms with Crippen molar-refractivity contribution in [2.45, 2.75) is 71.9 Å². The zero-order chi connectivity index (χ0) is 14.6. The van der Waals surface area contributed by atoms with Gasteiger partial charge in [-0.2, -0.15) is 0 Å². The Kier molecular flexibility index (Phi) is 5.39. The van der Waals surface area contributed by atoms with Crippen molar-refractivity contribution in [3.05, 3.63) is 0 Å². The van der Waals surface area contributed by atoms with Crippen LogP contribution in [0.3, 0.4) is 0 Å². The summed E-state index contributed by atoms with van der Waals surface area (Å²) in [5.41, 5.74) is -0.692. The van der Waals surface area contributed by atoms with Crippen molar-refractivity contribution in [2.24, 2.45) is 11.8 Å². The van der Waals surface area contributed by atoms with Gasteiger partial charge in [0.2, 0.25) is 5.91 Å². The van der Waals surface area contributed by atoms with E-state index >= 15 is 0 Å². The summed E-state index contributed by atoms with van der Waals surface area (Å²) in [6.07, 6.45) is 3.39. The molecule has 0 aromatic rings. The Balaban J connectivity index is 0.000000550. The summed E-state index contributed by atoms with van der Waals surface area (Å²) >= 11 is 0. The van der Waals surface area contributed by atoms with Crippen LogP contribution >= 0.6 is 0 Å². The fourth-order valence-electron chi connectivity index (χ4n) is 2.60. The number of nitrogens with one attached hydrogen (secondary N) is 1. The van der Waals surface area contributed by atoms with Crippen LogP contribution in [0.1, 0.15) is 60.3 Å². The molecule has 2 heterocycles. The number of ether oxygens (including phenoxy) is 1. The van der Waals surface area contributed by atoms with E-state index in [1.165, 1.54) is 6.42 Å². The van der Waals surface area contributed by atoms with Crippen LogP contribution in [0.5, 0.6) is 0 Å². The molecule has 3 atom stereocenters. The molecule has 4 nitrogen and oxygen atoms in total. The molecule has 0 radical (unpaired) electrons. The molecule has 2 saturated heterocycles. The Morgan fingerprint density at radius 1 is 1.26 bits per heavy atom. The minimum Gasteiger partial charge on any atom is -0.457 e. The zero-order valence-corrected chi connectivity index (χ0v) is 12.8. The number of esters is 1. The molecule has 1 amide bonds. The zero-order valence-electron chi connectivity index (χ0n) is 12.8. The lowest BCUT2D eigenvalue weighted by molar-refractivity contribution is -0.192. The van der Waals surface area contributed by atoms with Gasteiger partial charge in [-0.3, -0.25) is 4.79 Å². The molecule has 2 aliphatic heterocycles. The van der Waals surface area contributed by atoms with Crippen molar-refractivity contribution in [3.8, 4) is 0 Å². The van der Waals surface area contributed by atoms with E-state index in [0.29, 0.717) is 12.3 Å². The second-order valence-corrected chi connectivity index (χ2v) is 5.94. The third kappa shape index (κ3) is 2.93. The quantitative estimate of drug-likeness (QED) is 0.798. The van der Waals surface area contributed by atoms with Gasteiger partial charge in [0.25, 0.3) is 0 Å². The highest BCUT2D eigenvalue weighted by atomic mass is 16.6. The molecule has 2 rings (SSSR count). The third-order valence-electron chi connectivity index (χ3n) is 3.69. The second kappa shape index (κ2) is 6.40. The molecular weight excluding hydrogens is 242 g/mol. The van der Waals surface area contributed by atoms with Crippen LogP contribution in [0.25, 0.3) is 0 Å². The SMILES string of the molecule is CCC.CCC1C(=O)NC2(CCC(C)C)C(=O)O[C@@H]12. The van der Waals surface area contributed by atoms with Crippen molar-refractivity contribution in [2.75, 3.05) is 0 Å². The monoisotopic (exact) mass is 269 g/mol. The van der Waals surface area contributed by atoms with E-state index in [0.717, 1.165) is 12.8 Å². The van der Waals surface area contributed by atoms with Gasteiger partial charge in [-0.1, -0.05) is 41.0 Å². The van der Waals surface area contributed by atoms with Crippen LogP contribution in [-0.2, 0) is 14.3 Å². The Morgan fingerprint density at radius 2 is 1.84 bits per heavy atom. The van der Waals surface area contributed by atoms with Crippen molar-refractivity contribution in [3.63, 3.8) is 0 Å². The summed E-state index contributed by atoms with van der Waals surface area (Å²) in [7, 11) is 0. The Bertz CT molecular complexity index is 340. The number of fused-ring (bicyclic) bond motifs is 1. The first-order valence-electron chi connectivity index (χ1n) is 7.45. The van der Waals surface area contributed by atoms with E-state index in [-0.39, 0.29) is 23.9 Å². The maximum Gasteiger partial charge on any atom is 0.336 e. The average Bonchev–Trinajstić information content (AvgIpc) is 2.56. The van der Waals surface area contributed by atoms with Crippen LogP contribution in [0.15, 0.2) is 0 Å². The minimum atomic E-state index is -0.692. The third-order valence-corrected chi connectivity index (χ3v) is 3.69. The molecule has 0 aromatic heterocycles. The summed E-state index contributed by atoms with van der Waals surface area (Å²) < 4.78 is 5.15. The highest BCUT2D eigenvalue weighted by Gasteiger charge is 2.67. The van der Waals surface area contributed by atoms with E-state index in [1.54, 1.807) is 0 Å². The first-order chi connectivity index (χ1) is 8.92. The highest BCUT2D eigenvalue weighted by molar-refractivity contribution is 5.99. The number of carbonyl (C=O) groups excluding carboxylic acids is 2. The molecule has 0 bridgehead atoms. The normalized spacial score (nSPS) is 31.9. The lowest BCUT2D eigenvalue weighted by atomic mass is 9.78. The molecule has 0 saturated carbocycles. The standard InChI is InChI=1S/C12H19NO3.C3H8/c1-4-8-9-12(11(15)16-9,13-10(8)14)6-5-7(2)3;1-3-2/h7-9H,4-6H2,1-3H3,(H,13,14);3H2,1-2H3/t8?,9-,12?;/m0./s1. The smallest absolute Gasteiger partial charge is 0.336 e. The molecule has 0 aromatic carbocycles. The molecule has 2 unspecified atom stereocenters. The number of carbonyl (C=O) groups is 2. The van der Waals surface area contributed by atoms with E-state index in [4.69, 9.17) is 4.74 Å². The summed E-state index contributed by atoms with van der Waals surface area (Å²) in [4.78, 5) is 23.3. The van der Waals surface area contributed by atoms with Gasteiger partial charge in [-0.15, -0.1) is 0 Å². The van der Waals surface area contributed by atoms with Gasteiger partial charge < -0.3 is 10.1 Å². The first-order valence-corrected chi connectivity index (χ1v) is 7.45. The molecule has 0 aliphatic carbocycles. The Labute approximate surface area is 116 Å². The van der Waals surface area contributed by atoms with Gasteiger partial charge in [0.05, 0.1) is 5.92 Å². The van der Waals surface area contributed by atoms with Gasteiger partial charge in [0.1, 0.15) is 6.10 Å². The average molecular weight is 269 g/mol. The molecule has 4 heteroatoms. The van der Waals surface area contributed by atoms with Crippen molar-refractivity contribution < 1.29 is 14.3 Å². The van der Waals surface area contributed by atoms with E-state index < -0.39 is 5.54 Å². The molecule has 110 valence electrons. The van der Waals surface area contributed by atoms with E-state index in [9.17, 15) is 9.59 Å². The molecule has 2 aliphatic rings. The van der Waals surface area contributed by atoms with Gasteiger partial charge >= 0.3 is 5.97 Å². The van der Waals surface area contributed by atoms with Crippen LogP contribution in [-0.4, -0.2) is 23.5 Å². The highest BCUT2D eigenvalue weighted by Crippen LogP contribution is 2.43. The molecular formula is C15H27NO3. The van der Waals surface area contributed by atoms with E-state index in [1.807, 2.05) is 6.92 Å². The molecule has 1 N–H and O–H groups in total. The topological polar surface area (TPSA) is 55.4 Å². The van der Waals surface area contributed by atoms with Crippen LogP contribution in [0.2, 0.25) is 0 Å². The minimum absolute atomic E-state index is 0.0258. The van der Waals surface area contributed by atoms with Crippen molar-refractivity contribution in [1.82, 2.24) is 5.32 Å². The molecule has 2 fully saturated rings. The van der Waals surface area contributed by atoms with Gasteiger partial charge in [0.15, 0.2) is 5.54 Å². The van der Waals surface area contributed by atoms with Crippen molar-refractivity contribution >= 4 is 11.9 Å².